The van der Waals surface area contributed by atoms with Gasteiger partial charge in [0.1, 0.15) is 24.2 Å². The minimum Gasteiger partial charge on any atom is -0.444 e. The highest BCUT2D eigenvalue weighted by Gasteiger charge is 2.36. The molecule has 0 spiro atoms. The van der Waals surface area contributed by atoms with Gasteiger partial charge in [-0.2, -0.15) is 5.26 Å². The Bertz CT molecular complexity index is 1160. The zero-order valence-electron chi connectivity index (χ0n) is 21.9. The third-order valence-corrected chi connectivity index (χ3v) is 5.18. The molecule has 0 saturated heterocycles. The summed E-state index contributed by atoms with van der Waals surface area (Å²) in [5.41, 5.74) is 1.10. The molecule has 2 unspecified atom stereocenters. The fourth-order valence-corrected chi connectivity index (χ4v) is 3.67. The molecule has 0 fully saturated rings. The molecule has 3 amide bonds. The number of nitrogens with zero attached hydrogens (tertiary/aromatic N) is 2. The fourth-order valence-electron chi connectivity index (χ4n) is 3.67. The van der Waals surface area contributed by atoms with E-state index in [-0.39, 0.29) is 19.0 Å². The minimum absolute atomic E-state index is 0.134. The highest BCUT2D eigenvalue weighted by Crippen LogP contribution is 2.24. The third-order valence-electron chi connectivity index (χ3n) is 5.18. The lowest BCUT2D eigenvalue weighted by atomic mass is 9.99. The van der Waals surface area contributed by atoms with Crippen LogP contribution >= 0.6 is 0 Å². The van der Waals surface area contributed by atoms with E-state index in [1.54, 1.807) is 58.9 Å². The van der Waals surface area contributed by atoms with Crippen molar-refractivity contribution in [3.05, 3.63) is 71.3 Å². The van der Waals surface area contributed by atoms with E-state index in [2.05, 4.69) is 16.6 Å². The van der Waals surface area contributed by atoms with Crippen molar-refractivity contribution in [1.29, 1.82) is 5.26 Å². The first-order valence-corrected chi connectivity index (χ1v) is 12.0. The number of hydrogen-bond donors (Lipinski definition) is 2. The second kappa shape index (κ2) is 13.1. The summed E-state index contributed by atoms with van der Waals surface area (Å²) in [4.78, 5) is 41.2. The van der Waals surface area contributed by atoms with Crippen LogP contribution in [-0.4, -0.2) is 47.0 Å². The summed E-state index contributed by atoms with van der Waals surface area (Å²) in [6, 6.07) is 15.4. The Labute approximate surface area is 219 Å². The molecule has 0 aliphatic carbocycles. The molecule has 0 bridgehead atoms. The first-order chi connectivity index (χ1) is 17.4. The minimum atomic E-state index is -1.12. The van der Waals surface area contributed by atoms with Crippen molar-refractivity contribution in [3.63, 3.8) is 0 Å². The maximum Gasteiger partial charge on any atom is 0.408 e. The van der Waals surface area contributed by atoms with Crippen LogP contribution in [-0.2, 0) is 20.7 Å². The van der Waals surface area contributed by atoms with Gasteiger partial charge >= 0.3 is 6.09 Å². The highest BCUT2D eigenvalue weighted by molar-refractivity contribution is 5.92. The van der Waals surface area contributed by atoms with Crippen LogP contribution in [0.5, 0.6) is 0 Å². The summed E-state index contributed by atoms with van der Waals surface area (Å²) in [6.45, 7) is 8.37. The first kappa shape index (κ1) is 28.9. The fraction of sp³-hybridized carbons (Fsp3) is 0.379. The number of ether oxygens (including phenoxy) is 1. The van der Waals surface area contributed by atoms with Crippen molar-refractivity contribution in [2.24, 2.45) is 0 Å². The van der Waals surface area contributed by atoms with E-state index in [0.717, 1.165) is 5.56 Å². The van der Waals surface area contributed by atoms with Gasteiger partial charge in [-0.1, -0.05) is 48.4 Å². The van der Waals surface area contributed by atoms with Crippen LogP contribution in [0.2, 0.25) is 0 Å². The number of nitrogens with one attached hydrogen (secondary N) is 2. The molecule has 8 nitrogen and oxygen atoms in total. The maximum atomic E-state index is 14.0. The highest BCUT2D eigenvalue weighted by atomic mass is 16.6. The molecule has 8 heteroatoms. The second-order valence-electron chi connectivity index (χ2n) is 9.84. The normalized spacial score (nSPS) is 12.4. The van der Waals surface area contributed by atoms with Crippen LogP contribution in [0.3, 0.4) is 0 Å². The van der Waals surface area contributed by atoms with Crippen molar-refractivity contribution in [1.82, 2.24) is 15.5 Å². The molecule has 0 saturated carbocycles. The number of terminal acetylenes is 1. The van der Waals surface area contributed by atoms with Crippen molar-refractivity contribution < 1.29 is 19.1 Å². The van der Waals surface area contributed by atoms with Crippen LogP contribution in [0.1, 0.15) is 57.4 Å². The molecule has 194 valence electrons. The summed E-state index contributed by atoms with van der Waals surface area (Å²) in [5.74, 6) is 1.47. The van der Waals surface area contributed by atoms with E-state index in [1.807, 2.05) is 36.4 Å². The molecule has 0 aliphatic heterocycles. The Hall–Kier alpha value is -4.30. The number of carbonyl (C=O) groups is 3. The molecule has 2 rings (SSSR count). The second-order valence-corrected chi connectivity index (χ2v) is 9.84. The topological polar surface area (TPSA) is 112 Å². The summed E-state index contributed by atoms with van der Waals surface area (Å²) in [6.07, 6.45) is 4.83. The number of nitriles is 1. The molecule has 0 aliphatic rings. The number of benzene rings is 2. The van der Waals surface area contributed by atoms with Crippen molar-refractivity contribution in [3.8, 4) is 18.4 Å². The van der Waals surface area contributed by atoms with Gasteiger partial charge in [0.25, 0.3) is 0 Å². The molecule has 0 heterocycles. The zero-order chi connectivity index (χ0) is 27.6. The SMILES string of the molecule is C#Cc1ccc(C(C(=O)NC(C)C)N(CC#N)C(=O)C(Cc2ccccc2)NC(=O)OC(C)(C)C)cc1. The number of carbonyl (C=O) groups excluding carboxylic acids is 3. The third kappa shape index (κ3) is 9.01. The van der Waals surface area contributed by atoms with Crippen LogP contribution in [0.15, 0.2) is 54.6 Å². The molecule has 2 aromatic rings. The lowest BCUT2D eigenvalue weighted by Crippen LogP contribution is -2.54. The molecule has 0 aromatic heterocycles. The average Bonchev–Trinajstić information content (AvgIpc) is 2.82. The van der Waals surface area contributed by atoms with Crippen LogP contribution in [0.4, 0.5) is 4.79 Å². The van der Waals surface area contributed by atoms with Crippen molar-refractivity contribution in [2.45, 2.75) is 64.8 Å². The summed E-state index contributed by atoms with van der Waals surface area (Å²) < 4.78 is 5.38. The van der Waals surface area contributed by atoms with Gasteiger partial charge in [-0.25, -0.2) is 4.79 Å². The summed E-state index contributed by atoms with van der Waals surface area (Å²) in [7, 11) is 0. The Morgan fingerprint density at radius 1 is 1.03 bits per heavy atom. The Morgan fingerprint density at radius 2 is 1.65 bits per heavy atom. The van der Waals surface area contributed by atoms with E-state index in [4.69, 9.17) is 11.2 Å². The van der Waals surface area contributed by atoms with Gasteiger partial charge in [0, 0.05) is 18.0 Å². The zero-order valence-corrected chi connectivity index (χ0v) is 21.9. The largest absolute Gasteiger partial charge is 0.444 e. The van der Waals surface area contributed by atoms with Gasteiger partial charge in [-0.3, -0.25) is 9.59 Å². The average molecular weight is 503 g/mol. The first-order valence-electron chi connectivity index (χ1n) is 12.0. The lowest BCUT2D eigenvalue weighted by molar-refractivity contribution is -0.142. The smallest absolute Gasteiger partial charge is 0.408 e. The van der Waals surface area contributed by atoms with Gasteiger partial charge in [-0.05, 0) is 57.9 Å². The summed E-state index contributed by atoms with van der Waals surface area (Å²) >= 11 is 0. The summed E-state index contributed by atoms with van der Waals surface area (Å²) in [5, 5.41) is 15.1. The van der Waals surface area contributed by atoms with Gasteiger partial charge in [0.15, 0.2) is 0 Å². The number of amides is 3. The monoisotopic (exact) mass is 502 g/mol. The molecule has 37 heavy (non-hydrogen) atoms. The molecular formula is C29H34N4O4. The molecule has 2 atom stereocenters. The van der Waals surface area contributed by atoms with E-state index in [1.165, 1.54) is 4.90 Å². The number of alkyl carbamates (subject to hydrolysis) is 1. The van der Waals surface area contributed by atoms with Crippen molar-refractivity contribution in [2.75, 3.05) is 6.54 Å². The van der Waals surface area contributed by atoms with Gasteiger partial charge < -0.3 is 20.3 Å². The van der Waals surface area contributed by atoms with Crippen molar-refractivity contribution >= 4 is 17.9 Å². The number of rotatable bonds is 9. The maximum absolute atomic E-state index is 14.0. The predicted octanol–water partition coefficient (Wildman–Crippen LogP) is 3.72. The standard InChI is InChI=1S/C29H34N4O4/c1-7-21-13-15-23(16-14-21)25(26(34)31-20(2)3)33(18-17-30)27(35)24(19-22-11-9-8-10-12-22)32-28(36)37-29(4,5)6/h1,8-16,20,24-25H,18-19H2,2-6H3,(H,31,34)(H,32,36). The molecule has 2 aromatic carbocycles. The Balaban J connectivity index is 2.52. The van der Waals surface area contributed by atoms with Crippen LogP contribution in [0.25, 0.3) is 0 Å². The molecule has 0 radical (unpaired) electrons. The van der Waals surface area contributed by atoms with Crippen LogP contribution in [0, 0.1) is 23.7 Å². The molecular weight excluding hydrogens is 468 g/mol. The van der Waals surface area contributed by atoms with E-state index < -0.39 is 35.6 Å². The Kier molecular flexibility index (Phi) is 10.3. The molecule has 2 N–H and O–H groups in total. The predicted molar refractivity (Wildman–Crippen MR) is 141 cm³/mol. The van der Waals surface area contributed by atoms with Crippen LogP contribution < -0.4 is 10.6 Å². The lowest BCUT2D eigenvalue weighted by Gasteiger charge is -2.33. The van der Waals surface area contributed by atoms with E-state index in [9.17, 15) is 19.6 Å². The van der Waals surface area contributed by atoms with E-state index in [0.29, 0.717) is 11.1 Å². The van der Waals surface area contributed by atoms with Gasteiger partial charge in [-0.15, -0.1) is 6.42 Å². The quantitative estimate of drug-likeness (QED) is 0.401. The van der Waals surface area contributed by atoms with Gasteiger partial charge in [0.2, 0.25) is 11.8 Å². The van der Waals surface area contributed by atoms with Gasteiger partial charge in [0.05, 0.1) is 6.07 Å². The Morgan fingerprint density at radius 3 is 2.16 bits per heavy atom. The number of hydrogen-bond acceptors (Lipinski definition) is 5. The van der Waals surface area contributed by atoms with E-state index >= 15 is 0 Å².